The molecule has 1 aromatic carbocycles. The van der Waals surface area contributed by atoms with Crippen LogP contribution in [0.25, 0.3) is 0 Å². The smallest absolute Gasteiger partial charge is 0.347 e. The number of nitrogens with one attached hydrogen (secondary N) is 1. The fraction of sp³-hybridized carbons (Fsp3) is 0.214. The fourth-order valence-corrected chi connectivity index (χ4v) is 1.99. The van der Waals surface area contributed by atoms with E-state index in [2.05, 4.69) is 10.3 Å². The lowest BCUT2D eigenvalue weighted by Gasteiger charge is -2.10. The molecule has 0 radical (unpaired) electrons. The first-order valence-electron chi connectivity index (χ1n) is 6.20. The number of carbonyl (C=O) groups excluding carboxylic acids is 1. The molecule has 0 bridgehead atoms. The molecule has 0 unspecified atom stereocenters. The number of carbonyl (C=O) groups is 1. The maximum atomic E-state index is 11.9. The molecule has 0 fully saturated rings. The second-order valence-corrected chi connectivity index (χ2v) is 4.70. The van der Waals surface area contributed by atoms with Crippen LogP contribution in [-0.2, 0) is 17.9 Å². The molecule has 1 aromatic heterocycles. The number of amides is 1. The third kappa shape index (κ3) is 4.06. The zero-order valence-corrected chi connectivity index (χ0v) is 12.1. The SMILES string of the molecule is COc1ccc(Cl)cc1CNC(=O)Cn1cccnc1=O. The van der Waals surface area contributed by atoms with Crippen LogP contribution in [0.3, 0.4) is 0 Å². The van der Waals surface area contributed by atoms with Crippen molar-refractivity contribution in [3.8, 4) is 5.75 Å². The zero-order valence-electron chi connectivity index (χ0n) is 11.4. The highest BCUT2D eigenvalue weighted by molar-refractivity contribution is 6.30. The van der Waals surface area contributed by atoms with E-state index in [1.165, 1.54) is 17.0 Å². The first-order chi connectivity index (χ1) is 10.1. The van der Waals surface area contributed by atoms with E-state index in [0.29, 0.717) is 10.8 Å². The van der Waals surface area contributed by atoms with Crippen molar-refractivity contribution < 1.29 is 9.53 Å². The van der Waals surface area contributed by atoms with Crippen LogP contribution >= 0.6 is 11.6 Å². The monoisotopic (exact) mass is 307 g/mol. The molecule has 0 saturated carbocycles. The summed E-state index contributed by atoms with van der Waals surface area (Å²) in [5.41, 5.74) is 0.296. The highest BCUT2D eigenvalue weighted by Crippen LogP contribution is 2.22. The van der Waals surface area contributed by atoms with Crippen LogP contribution in [0.1, 0.15) is 5.56 Å². The predicted octanol–water partition coefficient (Wildman–Crippen LogP) is 1.22. The first kappa shape index (κ1) is 15.1. The number of hydrogen-bond donors (Lipinski definition) is 1. The minimum absolute atomic E-state index is 0.0877. The van der Waals surface area contributed by atoms with Gasteiger partial charge in [-0.1, -0.05) is 11.6 Å². The van der Waals surface area contributed by atoms with Gasteiger partial charge in [0, 0.05) is 29.5 Å². The molecule has 2 aromatic rings. The minimum Gasteiger partial charge on any atom is -0.496 e. The lowest BCUT2D eigenvalue weighted by Crippen LogP contribution is -2.32. The van der Waals surface area contributed by atoms with Crippen LogP contribution in [0, 0.1) is 0 Å². The number of aromatic nitrogens is 2. The van der Waals surface area contributed by atoms with E-state index in [9.17, 15) is 9.59 Å². The third-order valence-corrected chi connectivity index (χ3v) is 3.05. The van der Waals surface area contributed by atoms with Crippen LogP contribution in [0.15, 0.2) is 41.5 Å². The number of methoxy groups -OCH3 is 1. The molecule has 0 spiro atoms. The van der Waals surface area contributed by atoms with E-state index in [4.69, 9.17) is 16.3 Å². The maximum Gasteiger partial charge on any atom is 0.347 e. The highest BCUT2D eigenvalue weighted by atomic mass is 35.5. The van der Waals surface area contributed by atoms with Gasteiger partial charge in [0.2, 0.25) is 5.91 Å². The number of ether oxygens (including phenoxy) is 1. The molecular weight excluding hydrogens is 294 g/mol. The summed E-state index contributed by atoms with van der Waals surface area (Å²) in [4.78, 5) is 26.8. The number of benzene rings is 1. The van der Waals surface area contributed by atoms with E-state index < -0.39 is 5.69 Å². The number of halogens is 1. The summed E-state index contributed by atoms with van der Waals surface area (Å²) in [7, 11) is 1.55. The molecule has 0 saturated heterocycles. The topological polar surface area (TPSA) is 73.2 Å². The summed E-state index contributed by atoms with van der Waals surface area (Å²) >= 11 is 5.92. The molecule has 1 amide bonds. The van der Waals surface area contributed by atoms with Gasteiger partial charge in [0.15, 0.2) is 0 Å². The van der Waals surface area contributed by atoms with Crippen molar-refractivity contribution in [3.05, 3.63) is 57.7 Å². The number of rotatable bonds is 5. The molecule has 0 aliphatic heterocycles. The summed E-state index contributed by atoms with van der Waals surface area (Å²) in [6, 6.07) is 6.75. The zero-order chi connectivity index (χ0) is 15.2. The van der Waals surface area contributed by atoms with Gasteiger partial charge in [0.25, 0.3) is 0 Å². The molecule has 6 nitrogen and oxygen atoms in total. The number of hydrogen-bond acceptors (Lipinski definition) is 4. The highest BCUT2D eigenvalue weighted by Gasteiger charge is 2.08. The lowest BCUT2D eigenvalue weighted by atomic mass is 10.2. The van der Waals surface area contributed by atoms with Crippen molar-refractivity contribution >= 4 is 17.5 Å². The fourth-order valence-electron chi connectivity index (χ4n) is 1.80. The molecule has 2 rings (SSSR count). The van der Waals surface area contributed by atoms with Crippen LogP contribution < -0.4 is 15.7 Å². The van der Waals surface area contributed by atoms with Gasteiger partial charge in [0.05, 0.1) is 7.11 Å². The third-order valence-electron chi connectivity index (χ3n) is 2.82. The summed E-state index contributed by atoms with van der Waals surface area (Å²) in [5, 5.41) is 3.27. The Kier molecular flexibility index (Phi) is 4.94. The molecule has 0 atom stereocenters. The Balaban J connectivity index is 2.00. The summed E-state index contributed by atoms with van der Waals surface area (Å²) in [6.45, 7) is 0.174. The van der Waals surface area contributed by atoms with Gasteiger partial charge in [-0.2, -0.15) is 0 Å². The molecule has 21 heavy (non-hydrogen) atoms. The van der Waals surface area contributed by atoms with Crippen molar-refractivity contribution in [1.29, 1.82) is 0 Å². The van der Waals surface area contributed by atoms with Crippen molar-refractivity contribution in [2.24, 2.45) is 0 Å². The Morgan fingerprint density at radius 2 is 2.29 bits per heavy atom. The predicted molar refractivity (Wildman–Crippen MR) is 78.3 cm³/mol. The van der Waals surface area contributed by atoms with E-state index in [0.717, 1.165) is 5.56 Å². The van der Waals surface area contributed by atoms with Gasteiger partial charge in [0.1, 0.15) is 12.3 Å². The summed E-state index contributed by atoms with van der Waals surface area (Å²) in [6.07, 6.45) is 2.89. The Bertz CT molecular complexity index is 700. The van der Waals surface area contributed by atoms with Crippen LogP contribution in [0.4, 0.5) is 0 Å². The second kappa shape index (κ2) is 6.90. The maximum absolute atomic E-state index is 11.9. The van der Waals surface area contributed by atoms with Crippen LogP contribution in [-0.4, -0.2) is 22.6 Å². The lowest BCUT2D eigenvalue weighted by molar-refractivity contribution is -0.121. The largest absolute Gasteiger partial charge is 0.496 e. The van der Waals surface area contributed by atoms with E-state index in [1.54, 1.807) is 31.4 Å². The molecule has 0 aliphatic rings. The van der Waals surface area contributed by atoms with Crippen LogP contribution in [0.5, 0.6) is 5.75 Å². The Labute approximate surface area is 126 Å². The van der Waals surface area contributed by atoms with Gasteiger partial charge >= 0.3 is 5.69 Å². The van der Waals surface area contributed by atoms with E-state index >= 15 is 0 Å². The van der Waals surface area contributed by atoms with Gasteiger partial charge in [-0.15, -0.1) is 0 Å². The molecule has 0 aliphatic carbocycles. The Morgan fingerprint density at radius 3 is 3.00 bits per heavy atom. The molecule has 1 heterocycles. The van der Waals surface area contributed by atoms with Crippen molar-refractivity contribution in [1.82, 2.24) is 14.9 Å². The van der Waals surface area contributed by atoms with Crippen molar-refractivity contribution in [2.75, 3.05) is 7.11 Å². The Hall–Kier alpha value is -2.34. The summed E-state index contributed by atoms with van der Waals surface area (Å²) < 4.78 is 6.42. The first-order valence-corrected chi connectivity index (χ1v) is 6.58. The van der Waals surface area contributed by atoms with E-state index in [1.807, 2.05) is 0 Å². The second-order valence-electron chi connectivity index (χ2n) is 4.26. The van der Waals surface area contributed by atoms with Gasteiger partial charge in [-0.25, -0.2) is 9.78 Å². The molecular formula is C14H14ClN3O3. The average molecular weight is 308 g/mol. The normalized spacial score (nSPS) is 10.2. The van der Waals surface area contributed by atoms with Crippen molar-refractivity contribution in [2.45, 2.75) is 13.1 Å². The molecule has 110 valence electrons. The standard InChI is InChI=1S/C14H14ClN3O3/c1-21-12-4-3-11(15)7-10(12)8-17-13(19)9-18-6-2-5-16-14(18)20/h2-7H,8-9H2,1H3,(H,17,19). The van der Waals surface area contributed by atoms with Gasteiger partial charge < -0.3 is 10.1 Å². The average Bonchev–Trinajstić information content (AvgIpc) is 2.48. The quantitative estimate of drug-likeness (QED) is 0.901. The number of nitrogens with zero attached hydrogens (tertiary/aromatic N) is 2. The van der Waals surface area contributed by atoms with Gasteiger partial charge in [-0.05, 0) is 24.3 Å². The van der Waals surface area contributed by atoms with Crippen LogP contribution in [0.2, 0.25) is 5.02 Å². The summed E-state index contributed by atoms with van der Waals surface area (Å²) in [5.74, 6) is 0.338. The molecule has 7 heteroatoms. The Morgan fingerprint density at radius 1 is 1.48 bits per heavy atom. The van der Waals surface area contributed by atoms with Crippen molar-refractivity contribution in [3.63, 3.8) is 0 Å². The minimum atomic E-state index is -0.465. The molecule has 1 N–H and O–H groups in total. The van der Waals surface area contributed by atoms with Gasteiger partial charge in [-0.3, -0.25) is 9.36 Å². The van der Waals surface area contributed by atoms with E-state index in [-0.39, 0.29) is 19.0 Å².